The Kier molecular flexibility index (Phi) is 5.54. The van der Waals surface area contributed by atoms with Crippen molar-refractivity contribution in [2.45, 2.75) is 53.1 Å². The highest BCUT2D eigenvalue weighted by Gasteiger charge is 2.57. The summed E-state index contributed by atoms with van der Waals surface area (Å²) in [5.41, 5.74) is 0.864. The highest BCUT2D eigenvalue weighted by Crippen LogP contribution is 2.62. The molecule has 0 bridgehead atoms. The molecule has 176 valence electrons. The molecular weight excluding hydrogens is 420 g/mol. The number of rotatable bonds is 4. The van der Waals surface area contributed by atoms with Crippen LogP contribution in [0.5, 0.6) is 0 Å². The van der Waals surface area contributed by atoms with E-state index in [0.717, 1.165) is 29.6 Å². The number of carbonyl (C=O) groups is 3. The zero-order valence-corrected chi connectivity index (χ0v) is 20.0. The van der Waals surface area contributed by atoms with Crippen LogP contribution in [-0.2, 0) is 23.9 Å². The lowest BCUT2D eigenvalue weighted by Gasteiger charge is -2.55. The van der Waals surface area contributed by atoms with Crippen molar-refractivity contribution in [3.63, 3.8) is 0 Å². The molecule has 6 nitrogen and oxygen atoms in total. The number of fused-ring (bicyclic) bond motifs is 1. The SMILES string of the molecule is C=C1C2=CC(=O)O[C@@H](c3ccoc3)[C@]2(C)CC[C@@H]1[C@@]1(C)C=CC(=O)C(C)(C)[C@@H]1CC(=O)OC. The minimum Gasteiger partial charge on any atom is -0.472 e. The summed E-state index contributed by atoms with van der Waals surface area (Å²) in [6.07, 6.45) is 9.56. The molecule has 0 N–H and O–H groups in total. The molecule has 2 heterocycles. The molecule has 5 atom stereocenters. The van der Waals surface area contributed by atoms with Crippen LogP contribution < -0.4 is 0 Å². The molecule has 0 spiro atoms. The molecule has 0 radical (unpaired) electrons. The maximum Gasteiger partial charge on any atom is 0.331 e. The van der Waals surface area contributed by atoms with Crippen LogP contribution in [0.1, 0.15) is 58.6 Å². The molecule has 0 amide bonds. The van der Waals surface area contributed by atoms with Crippen LogP contribution in [0.3, 0.4) is 0 Å². The van der Waals surface area contributed by atoms with Crippen LogP contribution in [0, 0.1) is 28.1 Å². The van der Waals surface area contributed by atoms with E-state index in [-0.39, 0.29) is 30.0 Å². The van der Waals surface area contributed by atoms with Crippen LogP contribution in [0.4, 0.5) is 0 Å². The van der Waals surface area contributed by atoms with E-state index in [1.165, 1.54) is 7.11 Å². The van der Waals surface area contributed by atoms with Crippen LogP contribution in [-0.4, -0.2) is 24.8 Å². The van der Waals surface area contributed by atoms with Gasteiger partial charge in [0.25, 0.3) is 0 Å². The second kappa shape index (κ2) is 7.86. The van der Waals surface area contributed by atoms with Crippen molar-refractivity contribution in [1.82, 2.24) is 0 Å². The van der Waals surface area contributed by atoms with Crippen LogP contribution in [0.15, 0.2) is 59.0 Å². The van der Waals surface area contributed by atoms with Crippen molar-refractivity contribution in [3.05, 3.63) is 60.1 Å². The predicted octanol–water partition coefficient (Wildman–Crippen LogP) is 5.13. The maximum absolute atomic E-state index is 12.8. The van der Waals surface area contributed by atoms with Gasteiger partial charge in [-0.05, 0) is 53.4 Å². The fourth-order valence-corrected chi connectivity index (χ4v) is 6.40. The molecule has 1 aliphatic heterocycles. The van der Waals surface area contributed by atoms with E-state index in [4.69, 9.17) is 13.9 Å². The molecule has 2 aliphatic carbocycles. The summed E-state index contributed by atoms with van der Waals surface area (Å²) in [5, 5.41) is 0. The Morgan fingerprint density at radius 2 is 1.97 bits per heavy atom. The third-order valence-corrected chi connectivity index (χ3v) is 8.46. The number of ketones is 1. The molecule has 0 saturated heterocycles. The summed E-state index contributed by atoms with van der Waals surface area (Å²) in [6, 6.07) is 1.83. The Balaban J connectivity index is 1.76. The van der Waals surface area contributed by atoms with Crippen LogP contribution >= 0.6 is 0 Å². The zero-order valence-electron chi connectivity index (χ0n) is 20.0. The van der Waals surface area contributed by atoms with Gasteiger partial charge in [-0.25, -0.2) is 4.79 Å². The summed E-state index contributed by atoms with van der Waals surface area (Å²) in [5.74, 6) is -1.07. The second-order valence-electron chi connectivity index (χ2n) is 10.6. The van der Waals surface area contributed by atoms with E-state index in [2.05, 4.69) is 20.4 Å². The van der Waals surface area contributed by atoms with Crippen molar-refractivity contribution >= 4 is 17.7 Å². The number of allylic oxidation sites excluding steroid dienone is 3. The summed E-state index contributed by atoms with van der Waals surface area (Å²) < 4.78 is 16.0. The third kappa shape index (κ3) is 3.51. The van der Waals surface area contributed by atoms with Gasteiger partial charge in [0.05, 0.1) is 26.1 Å². The molecule has 4 rings (SSSR count). The lowest BCUT2D eigenvalue weighted by molar-refractivity contribution is -0.153. The van der Waals surface area contributed by atoms with Gasteiger partial charge in [-0.1, -0.05) is 40.3 Å². The van der Waals surface area contributed by atoms with Crippen molar-refractivity contribution in [3.8, 4) is 0 Å². The highest BCUT2D eigenvalue weighted by molar-refractivity contribution is 5.96. The van der Waals surface area contributed by atoms with E-state index >= 15 is 0 Å². The molecule has 1 fully saturated rings. The van der Waals surface area contributed by atoms with Crippen molar-refractivity contribution in [1.29, 1.82) is 0 Å². The number of hydrogen-bond acceptors (Lipinski definition) is 6. The van der Waals surface area contributed by atoms with Gasteiger partial charge in [0.15, 0.2) is 5.78 Å². The number of hydrogen-bond donors (Lipinski definition) is 0. The van der Waals surface area contributed by atoms with Gasteiger partial charge in [0, 0.05) is 22.5 Å². The normalized spacial score (nSPS) is 35.5. The summed E-state index contributed by atoms with van der Waals surface area (Å²) in [4.78, 5) is 37.7. The zero-order chi connectivity index (χ0) is 24.2. The standard InChI is InChI=1S/C27H32O6/c1-16-18(26(4)11-8-21(28)25(2,3)20(26)14-22(29)31-6)7-10-27(5)19(16)13-23(30)33-24(27)17-9-12-32-15-17/h8-9,11-13,15,18,20,24H,1,7,10,14H2,2-6H3/t18-,20-,24-,26+,27+/m0/s1. The van der Waals surface area contributed by atoms with Crippen molar-refractivity contribution < 1.29 is 28.3 Å². The molecule has 33 heavy (non-hydrogen) atoms. The Morgan fingerprint density at radius 1 is 1.24 bits per heavy atom. The van der Waals surface area contributed by atoms with Gasteiger partial charge in [0.1, 0.15) is 6.10 Å². The second-order valence-corrected chi connectivity index (χ2v) is 10.6. The molecule has 1 aromatic heterocycles. The highest BCUT2D eigenvalue weighted by atomic mass is 16.5. The summed E-state index contributed by atoms with van der Waals surface area (Å²) in [6.45, 7) is 12.4. The van der Waals surface area contributed by atoms with E-state index in [1.807, 2.05) is 26.0 Å². The van der Waals surface area contributed by atoms with E-state index in [1.54, 1.807) is 24.7 Å². The Labute approximate surface area is 194 Å². The quantitative estimate of drug-likeness (QED) is 0.589. The van der Waals surface area contributed by atoms with Gasteiger partial charge >= 0.3 is 11.9 Å². The molecular formula is C27H32O6. The topological polar surface area (TPSA) is 82.8 Å². The Hall–Kier alpha value is -2.89. The summed E-state index contributed by atoms with van der Waals surface area (Å²) >= 11 is 0. The monoisotopic (exact) mass is 452 g/mol. The number of methoxy groups -OCH3 is 1. The maximum atomic E-state index is 12.8. The number of carbonyl (C=O) groups excluding carboxylic acids is 3. The van der Waals surface area contributed by atoms with Gasteiger partial charge in [-0.3, -0.25) is 9.59 Å². The molecule has 3 aliphatic rings. The number of cyclic esters (lactones) is 1. The largest absolute Gasteiger partial charge is 0.472 e. The molecule has 0 aromatic carbocycles. The first-order valence-corrected chi connectivity index (χ1v) is 11.4. The Bertz CT molecular complexity index is 1060. The fourth-order valence-electron chi connectivity index (χ4n) is 6.40. The predicted molar refractivity (Wildman–Crippen MR) is 122 cm³/mol. The lowest BCUT2D eigenvalue weighted by atomic mass is 9.48. The van der Waals surface area contributed by atoms with Crippen LogP contribution in [0.25, 0.3) is 0 Å². The molecule has 6 heteroatoms. The molecule has 1 saturated carbocycles. The van der Waals surface area contributed by atoms with Gasteiger partial charge in [-0.2, -0.15) is 0 Å². The first kappa shape index (κ1) is 23.3. The van der Waals surface area contributed by atoms with E-state index in [0.29, 0.717) is 0 Å². The molecule has 1 aromatic rings. The average molecular weight is 453 g/mol. The minimum atomic E-state index is -0.738. The van der Waals surface area contributed by atoms with Gasteiger partial charge in [0.2, 0.25) is 0 Å². The van der Waals surface area contributed by atoms with Crippen LogP contribution in [0.2, 0.25) is 0 Å². The van der Waals surface area contributed by atoms with Gasteiger partial charge < -0.3 is 13.9 Å². The first-order valence-electron chi connectivity index (χ1n) is 11.4. The number of furan rings is 1. The number of ether oxygens (including phenoxy) is 2. The van der Waals surface area contributed by atoms with E-state index in [9.17, 15) is 14.4 Å². The van der Waals surface area contributed by atoms with E-state index < -0.39 is 28.3 Å². The number of esters is 2. The Morgan fingerprint density at radius 3 is 2.61 bits per heavy atom. The fraction of sp³-hybridized carbons (Fsp3) is 0.519. The smallest absolute Gasteiger partial charge is 0.331 e. The summed E-state index contributed by atoms with van der Waals surface area (Å²) in [7, 11) is 1.37. The molecule has 0 unspecified atom stereocenters. The third-order valence-electron chi connectivity index (χ3n) is 8.46. The lowest BCUT2D eigenvalue weighted by Crippen LogP contribution is -2.51. The van der Waals surface area contributed by atoms with Gasteiger partial charge in [-0.15, -0.1) is 0 Å². The first-order chi connectivity index (χ1) is 15.4. The average Bonchev–Trinajstić information content (AvgIpc) is 3.29. The van der Waals surface area contributed by atoms with Crippen molar-refractivity contribution in [2.24, 2.45) is 28.1 Å². The minimum absolute atomic E-state index is 0.000574. The van der Waals surface area contributed by atoms with Crippen molar-refractivity contribution in [2.75, 3.05) is 7.11 Å².